The molecule has 0 spiro atoms. The van der Waals surface area contributed by atoms with Crippen LogP contribution in [0.1, 0.15) is 50.2 Å². The van der Waals surface area contributed by atoms with E-state index in [4.69, 9.17) is 5.73 Å². The summed E-state index contributed by atoms with van der Waals surface area (Å²) >= 11 is 0. The van der Waals surface area contributed by atoms with Gasteiger partial charge in [-0.15, -0.1) is 0 Å². The van der Waals surface area contributed by atoms with Gasteiger partial charge in [-0.05, 0) is 56.9 Å². The molecule has 1 saturated carbocycles. The lowest BCUT2D eigenvalue weighted by Crippen LogP contribution is -2.47. The Hall–Kier alpha value is -1.07. The van der Waals surface area contributed by atoms with Gasteiger partial charge >= 0.3 is 0 Å². The second kappa shape index (κ2) is 5.37. The van der Waals surface area contributed by atoms with E-state index in [0.29, 0.717) is 5.69 Å². The minimum absolute atomic E-state index is 0.201. The molecule has 1 aliphatic carbocycles. The zero-order valence-electron chi connectivity index (χ0n) is 12.5. The molecule has 1 fully saturated rings. The number of aryl methyl sites for hydroxylation is 2. The molecule has 0 amide bonds. The van der Waals surface area contributed by atoms with Gasteiger partial charge in [0.25, 0.3) is 0 Å². The van der Waals surface area contributed by atoms with Crippen LogP contribution in [-0.4, -0.2) is 14.0 Å². The average molecular weight is 296 g/mol. The summed E-state index contributed by atoms with van der Waals surface area (Å²) in [6, 6.07) is 3.40. The van der Waals surface area contributed by atoms with Crippen LogP contribution in [-0.2, 0) is 10.0 Å². The van der Waals surface area contributed by atoms with Crippen molar-refractivity contribution in [2.75, 3.05) is 5.73 Å². The van der Waals surface area contributed by atoms with E-state index in [0.717, 1.165) is 36.8 Å². The third kappa shape index (κ3) is 3.15. The number of rotatable bonds is 3. The molecule has 2 rings (SSSR count). The van der Waals surface area contributed by atoms with E-state index in [1.165, 1.54) is 6.42 Å². The molecule has 4 nitrogen and oxygen atoms in total. The molecule has 1 aliphatic rings. The van der Waals surface area contributed by atoms with Gasteiger partial charge in [0.15, 0.2) is 0 Å². The van der Waals surface area contributed by atoms with Crippen molar-refractivity contribution in [3.05, 3.63) is 23.3 Å². The van der Waals surface area contributed by atoms with Gasteiger partial charge in [-0.2, -0.15) is 0 Å². The number of hydrogen-bond acceptors (Lipinski definition) is 3. The van der Waals surface area contributed by atoms with Crippen LogP contribution in [0.25, 0.3) is 0 Å². The number of anilines is 1. The second-order valence-corrected chi connectivity index (χ2v) is 7.85. The topological polar surface area (TPSA) is 72.2 Å². The zero-order valence-corrected chi connectivity index (χ0v) is 13.3. The van der Waals surface area contributed by atoms with E-state index in [1.807, 2.05) is 20.8 Å². The molecule has 5 heteroatoms. The summed E-state index contributed by atoms with van der Waals surface area (Å²) in [6.45, 7) is 5.81. The molecule has 3 N–H and O–H groups in total. The van der Waals surface area contributed by atoms with E-state index in [2.05, 4.69) is 4.72 Å². The van der Waals surface area contributed by atoms with Gasteiger partial charge in [0.1, 0.15) is 4.90 Å². The van der Waals surface area contributed by atoms with Gasteiger partial charge in [-0.1, -0.05) is 19.3 Å². The lowest BCUT2D eigenvalue weighted by atomic mass is 9.84. The van der Waals surface area contributed by atoms with Gasteiger partial charge in [0.2, 0.25) is 10.0 Å². The minimum Gasteiger partial charge on any atom is -0.398 e. The molecule has 0 heterocycles. The van der Waals surface area contributed by atoms with Gasteiger partial charge in [-0.3, -0.25) is 0 Å². The van der Waals surface area contributed by atoms with E-state index in [9.17, 15) is 8.42 Å². The number of nitrogens with one attached hydrogen (secondary N) is 1. The van der Waals surface area contributed by atoms with E-state index in [-0.39, 0.29) is 10.4 Å². The van der Waals surface area contributed by atoms with Crippen molar-refractivity contribution in [1.29, 1.82) is 0 Å². The smallest absolute Gasteiger partial charge is 0.243 e. The maximum atomic E-state index is 12.6. The van der Waals surface area contributed by atoms with Crippen LogP contribution in [0.15, 0.2) is 17.0 Å². The van der Waals surface area contributed by atoms with Crippen molar-refractivity contribution in [3.63, 3.8) is 0 Å². The third-order valence-electron chi connectivity index (χ3n) is 4.25. The van der Waals surface area contributed by atoms with Gasteiger partial charge in [0.05, 0.1) is 5.69 Å². The Balaban J connectivity index is 2.33. The highest BCUT2D eigenvalue weighted by Crippen LogP contribution is 2.31. The van der Waals surface area contributed by atoms with Crippen molar-refractivity contribution in [2.24, 2.45) is 0 Å². The Labute approximate surface area is 121 Å². The van der Waals surface area contributed by atoms with Crippen LogP contribution in [0.5, 0.6) is 0 Å². The molecule has 0 radical (unpaired) electrons. The molecule has 20 heavy (non-hydrogen) atoms. The number of nitrogens with two attached hydrogens (primary N) is 1. The lowest BCUT2D eigenvalue weighted by Gasteiger charge is -2.34. The summed E-state index contributed by atoms with van der Waals surface area (Å²) in [5, 5.41) is 0. The quantitative estimate of drug-likeness (QED) is 0.842. The highest BCUT2D eigenvalue weighted by atomic mass is 32.2. The average Bonchev–Trinajstić information content (AvgIpc) is 2.33. The first kappa shape index (κ1) is 15.3. The lowest BCUT2D eigenvalue weighted by molar-refractivity contribution is 0.294. The fourth-order valence-electron chi connectivity index (χ4n) is 2.86. The summed E-state index contributed by atoms with van der Waals surface area (Å²) in [6.07, 6.45) is 5.10. The first-order valence-corrected chi connectivity index (χ1v) is 8.63. The molecule has 112 valence electrons. The molecular weight excluding hydrogens is 272 g/mol. The molecule has 0 aromatic heterocycles. The fourth-order valence-corrected chi connectivity index (χ4v) is 4.52. The number of benzene rings is 1. The number of nitrogen functional groups attached to an aromatic ring is 1. The zero-order chi connectivity index (χ0) is 15.0. The van der Waals surface area contributed by atoms with E-state index in [1.54, 1.807) is 12.1 Å². The van der Waals surface area contributed by atoms with Crippen LogP contribution >= 0.6 is 0 Å². The first-order valence-electron chi connectivity index (χ1n) is 7.14. The molecule has 0 aliphatic heterocycles. The predicted octanol–water partition coefficient (Wildman–Crippen LogP) is 2.89. The maximum absolute atomic E-state index is 12.6. The normalized spacial score (nSPS) is 18.9. The summed E-state index contributed by atoms with van der Waals surface area (Å²) < 4.78 is 28.1. The van der Waals surface area contributed by atoms with Crippen LogP contribution in [0.4, 0.5) is 5.69 Å². The summed E-state index contributed by atoms with van der Waals surface area (Å²) in [5.41, 5.74) is 7.82. The molecular formula is C15H24N2O2S. The minimum atomic E-state index is -3.56. The Morgan fingerprint density at radius 3 is 2.25 bits per heavy atom. The van der Waals surface area contributed by atoms with E-state index >= 15 is 0 Å². The highest BCUT2D eigenvalue weighted by Gasteiger charge is 2.32. The Morgan fingerprint density at radius 2 is 1.65 bits per heavy atom. The van der Waals surface area contributed by atoms with Crippen molar-refractivity contribution in [2.45, 2.75) is 63.3 Å². The monoisotopic (exact) mass is 296 g/mol. The largest absolute Gasteiger partial charge is 0.398 e. The molecule has 1 aromatic carbocycles. The Bertz CT molecular complexity index is 603. The Morgan fingerprint density at radius 1 is 1.10 bits per heavy atom. The molecule has 0 unspecified atom stereocenters. The molecule has 1 aromatic rings. The highest BCUT2D eigenvalue weighted by molar-refractivity contribution is 7.89. The number of hydrogen-bond donors (Lipinski definition) is 2. The Kier molecular flexibility index (Phi) is 4.12. The van der Waals surface area contributed by atoms with Crippen LogP contribution in [0.2, 0.25) is 0 Å². The van der Waals surface area contributed by atoms with Gasteiger partial charge < -0.3 is 5.73 Å². The standard InChI is InChI=1S/C15H24N2O2S/c1-11-9-13(16)14(10-12(11)2)20(18,19)17-15(3)7-5-4-6-8-15/h9-10,17H,4-8,16H2,1-3H3. The number of sulfonamides is 1. The van der Waals surface area contributed by atoms with Crippen LogP contribution < -0.4 is 10.5 Å². The predicted molar refractivity (Wildman–Crippen MR) is 82.1 cm³/mol. The SMILES string of the molecule is Cc1cc(N)c(S(=O)(=O)NC2(C)CCCCC2)cc1C. The van der Waals surface area contributed by atoms with Crippen molar-refractivity contribution in [1.82, 2.24) is 4.72 Å². The van der Waals surface area contributed by atoms with E-state index < -0.39 is 10.0 Å². The van der Waals surface area contributed by atoms with Gasteiger partial charge in [0, 0.05) is 5.54 Å². The van der Waals surface area contributed by atoms with Crippen molar-refractivity contribution >= 4 is 15.7 Å². The second-order valence-electron chi connectivity index (χ2n) is 6.20. The fraction of sp³-hybridized carbons (Fsp3) is 0.600. The van der Waals surface area contributed by atoms with Crippen molar-refractivity contribution < 1.29 is 8.42 Å². The molecule has 0 saturated heterocycles. The summed E-state index contributed by atoms with van der Waals surface area (Å²) in [4.78, 5) is 0.201. The van der Waals surface area contributed by atoms with Crippen molar-refractivity contribution in [3.8, 4) is 0 Å². The maximum Gasteiger partial charge on any atom is 0.243 e. The summed E-state index contributed by atoms with van der Waals surface area (Å²) in [7, 11) is -3.56. The van der Waals surface area contributed by atoms with Crippen LogP contribution in [0.3, 0.4) is 0 Å². The molecule has 0 bridgehead atoms. The molecule has 0 atom stereocenters. The summed E-state index contributed by atoms with van der Waals surface area (Å²) in [5.74, 6) is 0. The first-order chi connectivity index (χ1) is 9.23. The van der Waals surface area contributed by atoms with Crippen LogP contribution in [0, 0.1) is 13.8 Å². The third-order valence-corrected chi connectivity index (χ3v) is 5.95. The van der Waals surface area contributed by atoms with Gasteiger partial charge in [-0.25, -0.2) is 13.1 Å².